The Morgan fingerprint density at radius 1 is 1.11 bits per heavy atom. The molecule has 104 valence electrons. The molecule has 1 saturated heterocycles. The molecule has 2 aliphatic rings. The molecule has 19 heavy (non-hydrogen) atoms. The predicted octanol–water partition coefficient (Wildman–Crippen LogP) is 3.26. The summed E-state index contributed by atoms with van der Waals surface area (Å²) in [6, 6.07) is 11.6. The largest absolute Gasteiger partial charge is 0.376 e. The first kappa shape index (κ1) is 13.1. The van der Waals surface area contributed by atoms with E-state index in [-0.39, 0.29) is 0 Å². The van der Waals surface area contributed by atoms with Crippen molar-refractivity contribution in [3.05, 3.63) is 35.9 Å². The van der Waals surface area contributed by atoms with Crippen molar-refractivity contribution in [3.8, 4) is 0 Å². The van der Waals surface area contributed by atoms with Gasteiger partial charge in [-0.3, -0.25) is 4.90 Å². The molecule has 1 aromatic rings. The van der Waals surface area contributed by atoms with Gasteiger partial charge in [-0.25, -0.2) is 0 Å². The Morgan fingerprint density at radius 3 is 2.68 bits per heavy atom. The second kappa shape index (κ2) is 6.53. The van der Waals surface area contributed by atoms with Gasteiger partial charge in [0, 0.05) is 19.1 Å². The lowest BCUT2D eigenvalue weighted by molar-refractivity contribution is -0.0453. The van der Waals surface area contributed by atoms with Gasteiger partial charge < -0.3 is 4.74 Å². The van der Waals surface area contributed by atoms with E-state index in [1.807, 2.05) is 0 Å². The third-order valence-corrected chi connectivity index (χ3v) is 4.61. The highest BCUT2D eigenvalue weighted by Gasteiger charge is 2.27. The van der Waals surface area contributed by atoms with E-state index < -0.39 is 0 Å². The van der Waals surface area contributed by atoms with Gasteiger partial charge in [-0.2, -0.15) is 0 Å². The van der Waals surface area contributed by atoms with Crippen molar-refractivity contribution in [3.63, 3.8) is 0 Å². The minimum absolute atomic E-state index is 0.439. The third-order valence-electron chi connectivity index (χ3n) is 4.61. The molecule has 1 heterocycles. The summed E-state index contributed by atoms with van der Waals surface area (Å²) in [5.74, 6) is 0. The van der Waals surface area contributed by atoms with Crippen LogP contribution in [0.1, 0.15) is 37.7 Å². The predicted molar refractivity (Wildman–Crippen MR) is 78.3 cm³/mol. The molecule has 0 amide bonds. The van der Waals surface area contributed by atoms with Gasteiger partial charge in [0.05, 0.1) is 12.7 Å². The SMILES string of the molecule is c1ccc(CC[C@H]2CN(C3CCCC3)CCO2)cc1. The van der Waals surface area contributed by atoms with Crippen LogP contribution in [0.2, 0.25) is 0 Å². The molecule has 2 nitrogen and oxygen atoms in total. The molecule has 1 aliphatic carbocycles. The van der Waals surface area contributed by atoms with Crippen LogP contribution < -0.4 is 0 Å². The summed E-state index contributed by atoms with van der Waals surface area (Å²) in [7, 11) is 0. The Labute approximate surface area is 116 Å². The van der Waals surface area contributed by atoms with Crippen LogP contribution in [-0.2, 0) is 11.2 Å². The first-order chi connectivity index (χ1) is 9.42. The molecule has 0 N–H and O–H groups in total. The number of benzene rings is 1. The van der Waals surface area contributed by atoms with Crippen LogP contribution >= 0.6 is 0 Å². The van der Waals surface area contributed by atoms with Crippen LogP contribution in [0, 0.1) is 0 Å². The fraction of sp³-hybridized carbons (Fsp3) is 0.647. The first-order valence-corrected chi connectivity index (χ1v) is 7.81. The molecular formula is C17H25NO. The zero-order valence-electron chi connectivity index (χ0n) is 11.8. The Balaban J connectivity index is 1.48. The van der Waals surface area contributed by atoms with Gasteiger partial charge in [-0.1, -0.05) is 43.2 Å². The molecule has 0 unspecified atom stereocenters. The quantitative estimate of drug-likeness (QED) is 0.823. The molecule has 2 heteroatoms. The van der Waals surface area contributed by atoms with Crippen molar-refractivity contribution < 1.29 is 4.74 Å². The maximum absolute atomic E-state index is 5.95. The van der Waals surface area contributed by atoms with Gasteiger partial charge in [-0.05, 0) is 31.2 Å². The first-order valence-electron chi connectivity index (χ1n) is 7.81. The summed E-state index contributed by atoms with van der Waals surface area (Å²) in [4.78, 5) is 2.69. The van der Waals surface area contributed by atoms with Crippen molar-refractivity contribution in [2.75, 3.05) is 19.7 Å². The third kappa shape index (κ3) is 3.58. The highest BCUT2D eigenvalue weighted by Crippen LogP contribution is 2.25. The zero-order valence-corrected chi connectivity index (χ0v) is 11.8. The summed E-state index contributed by atoms with van der Waals surface area (Å²) in [5.41, 5.74) is 1.43. The van der Waals surface area contributed by atoms with E-state index >= 15 is 0 Å². The number of hydrogen-bond donors (Lipinski definition) is 0. The van der Waals surface area contributed by atoms with Gasteiger partial charge in [-0.15, -0.1) is 0 Å². The molecule has 2 fully saturated rings. The van der Waals surface area contributed by atoms with Crippen LogP contribution in [0.25, 0.3) is 0 Å². The molecule has 0 aromatic heterocycles. The van der Waals surface area contributed by atoms with Gasteiger partial charge in [0.25, 0.3) is 0 Å². The molecule has 0 radical (unpaired) electrons. The number of aryl methyl sites for hydroxylation is 1. The molecule has 3 rings (SSSR count). The lowest BCUT2D eigenvalue weighted by Crippen LogP contribution is -2.46. The fourth-order valence-electron chi connectivity index (χ4n) is 3.49. The van der Waals surface area contributed by atoms with Gasteiger partial charge in [0.1, 0.15) is 0 Å². The average molecular weight is 259 g/mol. The second-order valence-electron chi connectivity index (χ2n) is 5.95. The number of morpholine rings is 1. The van der Waals surface area contributed by atoms with E-state index in [9.17, 15) is 0 Å². The van der Waals surface area contributed by atoms with Gasteiger partial charge >= 0.3 is 0 Å². The molecule has 1 atom stereocenters. The van der Waals surface area contributed by atoms with E-state index in [4.69, 9.17) is 4.74 Å². The van der Waals surface area contributed by atoms with E-state index in [1.165, 1.54) is 31.2 Å². The molecule has 1 aromatic carbocycles. The van der Waals surface area contributed by atoms with Crippen molar-refractivity contribution in [2.45, 2.75) is 50.7 Å². The number of nitrogens with zero attached hydrogens (tertiary/aromatic N) is 1. The maximum Gasteiger partial charge on any atom is 0.0705 e. The Morgan fingerprint density at radius 2 is 1.89 bits per heavy atom. The van der Waals surface area contributed by atoms with Crippen LogP contribution in [0.5, 0.6) is 0 Å². The van der Waals surface area contributed by atoms with Crippen molar-refractivity contribution in [2.24, 2.45) is 0 Å². The lowest BCUT2D eigenvalue weighted by atomic mass is 10.0. The summed E-state index contributed by atoms with van der Waals surface area (Å²) in [6.07, 6.45) is 8.41. The molecular weight excluding hydrogens is 234 g/mol. The summed E-state index contributed by atoms with van der Waals surface area (Å²) in [6.45, 7) is 3.22. The Hall–Kier alpha value is -0.860. The molecule has 1 aliphatic heterocycles. The topological polar surface area (TPSA) is 12.5 Å². The highest BCUT2D eigenvalue weighted by atomic mass is 16.5. The summed E-state index contributed by atoms with van der Waals surface area (Å²) in [5, 5.41) is 0. The van der Waals surface area contributed by atoms with Crippen molar-refractivity contribution >= 4 is 0 Å². The van der Waals surface area contributed by atoms with Crippen LogP contribution in [0.15, 0.2) is 30.3 Å². The standard InChI is InChI=1S/C17H25NO/c1-2-6-15(7-3-1)10-11-17-14-18(12-13-19-17)16-8-4-5-9-16/h1-3,6-7,16-17H,4-5,8-14H2/t17-/m0/s1. The zero-order chi connectivity index (χ0) is 12.9. The van der Waals surface area contributed by atoms with Crippen molar-refractivity contribution in [1.29, 1.82) is 0 Å². The summed E-state index contributed by atoms with van der Waals surface area (Å²) < 4.78 is 5.95. The minimum atomic E-state index is 0.439. The van der Waals surface area contributed by atoms with E-state index in [0.717, 1.165) is 38.6 Å². The highest BCUT2D eigenvalue weighted by molar-refractivity contribution is 5.14. The molecule has 1 saturated carbocycles. The number of ether oxygens (including phenoxy) is 1. The van der Waals surface area contributed by atoms with E-state index in [1.54, 1.807) is 0 Å². The van der Waals surface area contributed by atoms with E-state index in [0.29, 0.717) is 6.10 Å². The average Bonchev–Trinajstić information content (AvgIpc) is 3.01. The van der Waals surface area contributed by atoms with E-state index in [2.05, 4.69) is 35.2 Å². The smallest absolute Gasteiger partial charge is 0.0705 e. The van der Waals surface area contributed by atoms with Crippen LogP contribution in [0.3, 0.4) is 0 Å². The molecule has 0 bridgehead atoms. The summed E-state index contributed by atoms with van der Waals surface area (Å²) >= 11 is 0. The minimum Gasteiger partial charge on any atom is -0.376 e. The Kier molecular flexibility index (Phi) is 4.52. The van der Waals surface area contributed by atoms with Gasteiger partial charge in [0.15, 0.2) is 0 Å². The number of hydrogen-bond acceptors (Lipinski definition) is 2. The Bertz CT molecular complexity index is 372. The maximum atomic E-state index is 5.95. The lowest BCUT2D eigenvalue weighted by Gasteiger charge is -2.37. The fourth-order valence-corrected chi connectivity index (χ4v) is 3.49. The van der Waals surface area contributed by atoms with Gasteiger partial charge in [0.2, 0.25) is 0 Å². The normalized spacial score (nSPS) is 25.8. The number of rotatable bonds is 4. The molecule has 0 spiro atoms. The monoisotopic (exact) mass is 259 g/mol. The van der Waals surface area contributed by atoms with Crippen LogP contribution in [0.4, 0.5) is 0 Å². The second-order valence-corrected chi connectivity index (χ2v) is 5.95. The van der Waals surface area contributed by atoms with Crippen molar-refractivity contribution in [1.82, 2.24) is 4.90 Å². The van der Waals surface area contributed by atoms with Crippen LogP contribution in [-0.4, -0.2) is 36.7 Å².